The molecule has 1 aromatic heterocycles. The molecule has 0 fully saturated rings. The third kappa shape index (κ3) is 3.45. The number of nitrogens with zero attached hydrogens (tertiary/aromatic N) is 1. The number of hydrogen-bond donors (Lipinski definition) is 1. The van der Waals surface area contributed by atoms with Gasteiger partial charge in [0, 0.05) is 22.5 Å². The van der Waals surface area contributed by atoms with E-state index in [1.807, 2.05) is 37.6 Å². The summed E-state index contributed by atoms with van der Waals surface area (Å²) in [6.07, 6.45) is 0. The van der Waals surface area contributed by atoms with Crippen molar-refractivity contribution in [3.8, 4) is 5.75 Å². The summed E-state index contributed by atoms with van der Waals surface area (Å²) in [5, 5.41) is 6.89. The lowest BCUT2D eigenvalue weighted by Gasteiger charge is -2.10. The van der Waals surface area contributed by atoms with Gasteiger partial charge in [-0.3, -0.25) is 0 Å². The smallest absolute Gasteiger partial charge is 0.131 e. The number of benzene rings is 1. The van der Waals surface area contributed by atoms with Crippen LogP contribution in [0.15, 0.2) is 23.6 Å². The van der Waals surface area contributed by atoms with E-state index in [1.54, 1.807) is 11.3 Å². The van der Waals surface area contributed by atoms with E-state index in [9.17, 15) is 0 Å². The molecule has 3 nitrogen and oxygen atoms in total. The maximum atomic E-state index is 5.98. The summed E-state index contributed by atoms with van der Waals surface area (Å²) in [5.74, 6) is 0.847. The molecule has 0 radical (unpaired) electrons. The summed E-state index contributed by atoms with van der Waals surface area (Å²) < 4.78 is 5.79. The quantitative estimate of drug-likeness (QED) is 0.913. The fourth-order valence-electron chi connectivity index (χ4n) is 1.64. The number of rotatable bonds is 5. The lowest BCUT2D eigenvalue weighted by atomic mass is 10.2. The van der Waals surface area contributed by atoms with Crippen LogP contribution < -0.4 is 10.1 Å². The van der Waals surface area contributed by atoms with E-state index in [4.69, 9.17) is 16.3 Å². The molecule has 18 heavy (non-hydrogen) atoms. The highest BCUT2D eigenvalue weighted by molar-refractivity contribution is 7.09. The molecule has 2 aromatic rings. The summed E-state index contributed by atoms with van der Waals surface area (Å²) >= 11 is 7.61. The summed E-state index contributed by atoms with van der Waals surface area (Å²) in [6.45, 7) is 3.21. The average molecular weight is 283 g/mol. The minimum absolute atomic E-state index is 0.489. The van der Waals surface area contributed by atoms with Crippen molar-refractivity contribution in [2.45, 2.75) is 20.1 Å². The van der Waals surface area contributed by atoms with E-state index >= 15 is 0 Å². The van der Waals surface area contributed by atoms with Gasteiger partial charge in [-0.05, 0) is 32.2 Å². The van der Waals surface area contributed by atoms with E-state index in [2.05, 4.69) is 10.3 Å². The van der Waals surface area contributed by atoms with Gasteiger partial charge in [-0.1, -0.05) is 11.6 Å². The van der Waals surface area contributed by atoms with Gasteiger partial charge in [0.1, 0.15) is 12.4 Å². The first kappa shape index (κ1) is 13.3. The van der Waals surface area contributed by atoms with Crippen LogP contribution in [0.1, 0.15) is 16.3 Å². The Labute approximate surface area is 116 Å². The molecule has 0 saturated carbocycles. The van der Waals surface area contributed by atoms with Gasteiger partial charge in [-0.2, -0.15) is 0 Å². The van der Waals surface area contributed by atoms with Crippen LogP contribution in [-0.2, 0) is 13.2 Å². The fourth-order valence-corrected chi connectivity index (χ4v) is 2.44. The molecule has 2 rings (SSSR count). The van der Waals surface area contributed by atoms with Crippen LogP contribution in [0.25, 0.3) is 0 Å². The molecule has 1 aromatic carbocycles. The zero-order valence-electron chi connectivity index (χ0n) is 10.4. The number of nitrogens with one attached hydrogen (secondary N) is 1. The van der Waals surface area contributed by atoms with Crippen molar-refractivity contribution in [3.05, 3.63) is 44.9 Å². The van der Waals surface area contributed by atoms with Crippen molar-refractivity contribution in [2.75, 3.05) is 7.05 Å². The number of aromatic nitrogens is 1. The molecular formula is C13H15ClN2OS. The third-order valence-corrected chi connectivity index (χ3v) is 3.49. The van der Waals surface area contributed by atoms with Gasteiger partial charge in [-0.15, -0.1) is 11.3 Å². The summed E-state index contributed by atoms with van der Waals surface area (Å²) in [4.78, 5) is 4.37. The second-order valence-corrected chi connectivity index (χ2v) is 5.43. The molecule has 0 amide bonds. The van der Waals surface area contributed by atoms with E-state index in [-0.39, 0.29) is 0 Å². The molecule has 0 aliphatic heterocycles. The highest BCUT2D eigenvalue weighted by Crippen LogP contribution is 2.24. The highest BCUT2D eigenvalue weighted by atomic mass is 35.5. The first-order chi connectivity index (χ1) is 8.69. The average Bonchev–Trinajstić information content (AvgIpc) is 2.75. The Hall–Kier alpha value is -1.10. The second kappa shape index (κ2) is 6.18. The molecule has 0 atom stereocenters. The number of thiazole rings is 1. The first-order valence-electron chi connectivity index (χ1n) is 5.66. The standard InChI is InChI=1S/C13H15ClN2OS/c1-9-16-12(8-18-9)7-17-13-4-3-11(14)5-10(13)6-15-2/h3-5,8,15H,6-7H2,1-2H3. The molecule has 1 heterocycles. The van der Waals surface area contributed by atoms with Gasteiger partial charge in [0.15, 0.2) is 0 Å². The van der Waals surface area contributed by atoms with Crippen molar-refractivity contribution < 1.29 is 4.74 Å². The Morgan fingerprint density at radius 1 is 1.44 bits per heavy atom. The minimum Gasteiger partial charge on any atom is -0.487 e. The molecule has 0 spiro atoms. The largest absolute Gasteiger partial charge is 0.487 e. The van der Waals surface area contributed by atoms with Crippen LogP contribution in [0.3, 0.4) is 0 Å². The third-order valence-electron chi connectivity index (χ3n) is 2.43. The molecule has 96 valence electrons. The van der Waals surface area contributed by atoms with Gasteiger partial charge < -0.3 is 10.1 Å². The van der Waals surface area contributed by atoms with Gasteiger partial charge in [-0.25, -0.2) is 4.98 Å². The van der Waals surface area contributed by atoms with Crippen LogP contribution in [0, 0.1) is 6.92 Å². The van der Waals surface area contributed by atoms with E-state index in [0.717, 1.165) is 33.6 Å². The Morgan fingerprint density at radius 3 is 2.94 bits per heavy atom. The fraction of sp³-hybridized carbons (Fsp3) is 0.308. The maximum Gasteiger partial charge on any atom is 0.131 e. The molecule has 0 unspecified atom stereocenters. The molecular weight excluding hydrogens is 268 g/mol. The van der Waals surface area contributed by atoms with Gasteiger partial charge in [0.05, 0.1) is 10.7 Å². The zero-order valence-corrected chi connectivity index (χ0v) is 11.9. The van der Waals surface area contributed by atoms with Crippen LogP contribution >= 0.6 is 22.9 Å². The number of aryl methyl sites for hydroxylation is 1. The Kier molecular flexibility index (Phi) is 4.58. The van der Waals surface area contributed by atoms with Gasteiger partial charge in [0.2, 0.25) is 0 Å². The molecule has 0 bridgehead atoms. The molecule has 0 aliphatic rings. The SMILES string of the molecule is CNCc1cc(Cl)ccc1OCc1csc(C)n1. The number of hydrogen-bond acceptors (Lipinski definition) is 4. The van der Waals surface area contributed by atoms with Crippen molar-refractivity contribution >= 4 is 22.9 Å². The molecule has 5 heteroatoms. The molecule has 0 saturated heterocycles. The van der Waals surface area contributed by atoms with E-state index < -0.39 is 0 Å². The lowest BCUT2D eigenvalue weighted by molar-refractivity contribution is 0.298. The number of halogens is 1. The van der Waals surface area contributed by atoms with Crippen molar-refractivity contribution in [1.82, 2.24) is 10.3 Å². The number of ether oxygens (including phenoxy) is 1. The summed E-state index contributed by atoms with van der Waals surface area (Å²) in [6, 6.07) is 5.65. The minimum atomic E-state index is 0.489. The second-order valence-electron chi connectivity index (χ2n) is 3.93. The van der Waals surface area contributed by atoms with Gasteiger partial charge in [0.25, 0.3) is 0 Å². The van der Waals surface area contributed by atoms with E-state index in [1.165, 1.54) is 0 Å². The normalized spacial score (nSPS) is 10.6. The topological polar surface area (TPSA) is 34.1 Å². The Balaban J connectivity index is 2.08. The van der Waals surface area contributed by atoms with Crippen molar-refractivity contribution in [2.24, 2.45) is 0 Å². The maximum absolute atomic E-state index is 5.98. The van der Waals surface area contributed by atoms with Crippen LogP contribution in [0.4, 0.5) is 0 Å². The molecule has 1 N–H and O–H groups in total. The summed E-state index contributed by atoms with van der Waals surface area (Å²) in [5.41, 5.74) is 2.01. The molecule has 0 aliphatic carbocycles. The highest BCUT2D eigenvalue weighted by Gasteiger charge is 2.06. The predicted octanol–water partition coefficient (Wildman–Crippen LogP) is 3.40. The van der Waals surface area contributed by atoms with Crippen LogP contribution in [0.5, 0.6) is 5.75 Å². The monoisotopic (exact) mass is 282 g/mol. The van der Waals surface area contributed by atoms with E-state index in [0.29, 0.717) is 6.61 Å². The van der Waals surface area contributed by atoms with Crippen molar-refractivity contribution in [3.63, 3.8) is 0 Å². The zero-order chi connectivity index (χ0) is 13.0. The van der Waals surface area contributed by atoms with Gasteiger partial charge >= 0.3 is 0 Å². The van der Waals surface area contributed by atoms with Crippen LogP contribution in [-0.4, -0.2) is 12.0 Å². The lowest BCUT2D eigenvalue weighted by Crippen LogP contribution is -2.07. The predicted molar refractivity (Wildman–Crippen MR) is 75.4 cm³/mol. The summed E-state index contributed by atoms with van der Waals surface area (Å²) in [7, 11) is 1.90. The van der Waals surface area contributed by atoms with Crippen LogP contribution in [0.2, 0.25) is 5.02 Å². The Bertz CT molecular complexity index is 527. The van der Waals surface area contributed by atoms with Crippen molar-refractivity contribution in [1.29, 1.82) is 0 Å². The first-order valence-corrected chi connectivity index (χ1v) is 6.91. The Morgan fingerprint density at radius 2 is 2.28 bits per heavy atom.